The summed E-state index contributed by atoms with van der Waals surface area (Å²) in [5, 5.41) is 2.38. The molecule has 0 fully saturated rings. The maximum Gasteiger partial charge on any atom is 0.337 e. The van der Waals surface area contributed by atoms with Crippen molar-refractivity contribution < 1.29 is 4.79 Å². The van der Waals surface area contributed by atoms with Crippen LogP contribution in [0.25, 0.3) is 0 Å². The fourth-order valence-corrected chi connectivity index (χ4v) is 2.05. The van der Waals surface area contributed by atoms with Crippen LogP contribution in [0.2, 0.25) is 0 Å². The molecule has 1 N–H and O–H groups in total. The molecule has 0 saturated carbocycles. The van der Waals surface area contributed by atoms with E-state index in [0.717, 1.165) is 19.7 Å². The fraction of sp³-hybridized carbons (Fsp3) is 0.333. The van der Waals surface area contributed by atoms with Gasteiger partial charge < -0.3 is 5.32 Å². The number of carbonyl (C=O) groups is 1. The van der Waals surface area contributed by atoms with Gasteiger partial charge in [0.1, 0.15) is 0 Å². The Balaban J connectivity index is 3.08. The molecule has 1 heterocycles. The Bertz CT molecular complexity index is 342. The second-order valence-corrected chi connectivity index (χ2v) is 4.04. The highest BCUT2D eigenvalue weighted by atomic mass is 32.2. The van der Waals surface area contributed by atoms with E-state index in [2.05, 4.69) is 5.32 Å². The molecule has 0 radical (unpaired) electrons. The molecule has 0 bridgehead atoms. The molecule has 66 valence electrons. The molecule has 0 saturated heterocycles. The molecule has 6 heteroatoms. The molecule has 0 atom stereocenters. The minimum Gasteiger partial charge on any atom is -0.340 e. The van der Waals surface area contributed by atoms with E-state index in [1.165, 1.54) is 24.9 Å². The lowest BCUT2D eigenvalue weighted by molar-refractivity contribution is 0.246. The van der Waals surface area contributed by atoms with E-state index in [4.69, 9.17) is 0 Å². The molecule has 1 aromatic rings. The Morgan fingerprint density at radius 2 is 2.42 bits per heavy atom. The van der Waals surface area contributed by atoms with Crippen molar-refractivity contribution in [3.05, 3.63) is 16.4 Å². The van der Waals surface area contributed by atoms with Crippen LogP contribution in [0.15, 0.2) is 15.1 Å². The summed E-state index contributed by atoms with van der Waals surface area (Å²) in [6.07, 6.45) is 1.86. The molecule has 0 aliphatic carbocycles. The van der Waals surface area contributed by atoms with Crippen LogP contribution in [0.1, 0.15) is 0 Å². The average Bonchev–Trinajstić information content (AvgIpc) is 2.45. The second-order valence-electron chi connectivity index (χ2n) is 1.95. The maximum atomic E-state index is 11.1. The molecule has 0 aromatic carbocycles. The molecule has 1 rings (SSSR count). The largest absolute Gasteiger partial charge is 0.340 e. The number of aromatic nitrogens is 1. The first-order chi connectivity index (χ1) is 5.69. The molecular formula is C6H8N2O2S2. The Morgan fingerprint density at radius 3 is 2.83 bits per heavy atom. The fourth-order valence-electron chi connectivity index (χ4n) is 0.660. The number of hydrogen-bond donors (Lipinski definition) is 1. The predicted octanol–water partition coefficient (Wildman–Crippen LogP) is 0.819. The van der Waals surface area contributed by atoms with Gasteiger partial charge in [-0.1, -0.05) is 0 Å². The van der Waals surface area contributed by atoms with Gasteiger partial charge in [-0.05, 0) is 17.8 Å². The van der Waals surface area contributed by atoms with Gasteiger partial charge in [0.2, 0.25) is 0 Å². The third-order valence-corrected chi connectivity index (χ3v) is 3.29. The monoisotopic (exact) mass is 204 g/mol. The van der Waals surface area contributed by atoms with Crippen molar-refractivity contribution >= 4 is 29.3 Å². The Hall–Kier alpha value is -0.750. The lowest BCUT2D eigenvalue weighted by atomic mass is 10.7. The van der Waals surface area contributed by atoms with E-state index in [1.54, 1.807) is 0 Å². The van der Waals surface area contributed by atoms with Gasteiger partial charge in [-0.25, -0.2) is 4.79 Å². The van der Waals surface area contributed by atoms with Gasteiger partial charge in [-0.2, -0.15) is 3.96 Å². The van der Waals surface area contributed by atoms with Crippen LogP contribution in [-0.2, 0) is 0 Å². The average molecular weight is 204 g/mol. The van der Waals surface area contributed by atoms with E-state index >= 15 is 0 Å². The summed E-state index contributed by atoms with van der Waals surface area (Å²) in [6, 6.07) is 1.06. The van der Waals surface area contributed by atoms with Crippen molar-refractivity contribution in [2.45, 2.75) is 4.21 Å². The van der Waals surface area contributed by atoms with Crippen LogP contribution in [0.5, 0.6) is 0 Å². The maximum absolute atomic E-state index is 11.1. The quantitative estimate of drug-likeness (QED) is 0.689. The Morgan fingerprint density at radius 1 is 1.75 bits per heavy atom. The zero-order chi connectivity index (χ0) is 9.14. The van der Waals surface area contributed by atoms with Gasteiger partial charge in [-0.15, -0.1) is 11.8 Å². The van der Waals surface area contributed by atoms with Gasteiger partial charge >= 0.3 is 6.03 Å². The number of nitrogens with zero attached hydrogens (tertiary/aromatic N) is 1. The van der Waals surface area contributed by atoms with Gasteiger partial charge in [0, 0.05) is 13.1 Å². The molecular weight excluding hydrogens is 196 g/mol. The van der Waals surface area contributed by atoms with Crippen molar-refractivity contribution in [2.75, 3.05) is 13.3 Å². The molecule has 0 spiro atoms. The number of thioether (sulfide) groups is 1. The van der Waals surface area contributed by atoms with Crippen LogP contribution in [0.4, 0.5) is 4.79 Å². The summed E-state index contributed by atoms with van der Waals surface area (Å²) < 4.78 is 1.93. The number of hydrogen-bond acceptors (Lipinski definition) is 4. The van der Waals surface area contributed by atoms with Crippen LogP contribution in [-0.4, -0.2) is 23.3 Å². The van der Waals surface area contributed by atoms with Gasteiger partial charge in [0.05, 0.1) is 4.21 Å². The topological polar surface area (TPSA) is 51.1 Å². The van der Waals surface area contributed by atoms with Crippen LogP contribution < -0.4 is 10.9 Å². The van der Waals surface area contributed by atoms with Crippen LogP contribution in [0.3, 0.4) is 0 Å². The smallest absolute Gasteiger partial charge is 0.337 e. The lowest BCUT2D eigenvalue weighted by Gasteiger charge is -1.94. The molecule has 12 heavy (non-hydrogen) atoms. The summed E-state index contributed by atoms with van der Waals surface area (Å²) >= 11 is 2.60. The molecule has 1 aromatic heterocycles. The van der Waals surface area contributed by atoms with Gasteiger partial charge in [0.15, 0.2) is 0 Å². The van der Waals surface area contributed by atoms with E-state index in [1.807, 2.05) is 6.26 Å². The van der Waals surface area contributed by atoms with Crippen molar-refractivity contribution in [3.63, 3.8) is 0 Å². The van der Waals surface area contributed by atoms with Crippen molar-refractivity contribution in [3.8, 4) is 0 Å². The molecule has 0 aliphatic rings. The second kappa shape index (κ2) is 3.77. The van der Waals surface area contributed by atoms with Gasteiger partial charge in [-0.3, -0.25) is 4.79 Å². The summed E-state index contributed by atoms with van der Waals surface area (Å²) in [5.74, 6) is 0. The molecule has 1 amide bonds. The number of nitrogens with one attached hydrogen (secondary N) is 1. The van der Waals surface area contributed by atoms with Crippen LogP contribution in [0, 0.1) is 0 Å². The van der Waals surface area contributed by atoms with E-state index in [9.17, 15) is 9.59 Å². The first kappa shape index (κ1) is 9.34. The number of rotatable bonds is 1. The van der Waals surface area contributed by atoms with Crippen molar-refractivity contribution in [2.24, 2.45) is 0 Å². The first-order valence-corrected chi connectivity index (χ1v) is 5.18. The minimum atomic E-state index is -0.384. The van der Waals surface area contributed by atoms with Crippen molar-refractivity contribution in [1.29, 1.82) is 0 Å². The zero-order valence-electron chi connectivity index (χ0n) is 6.66. The van der Waals surface area contributed by atoms with Crippen LogP contribution >= 0.6 is 23.3 Å². The molecule has 4 nitrogen and oxygen atoms in total. The van der Waals surface area contributed by atoms with Crippen molar-refractivity contribution in [1.82, 2.24) is 9.27 Å². The van der Waals surface area contributed by atoms with Gasteiger partial charge in [0.25, 0.3) is 5.56 Å². The first-order valence-electron chi connectivity index (χ1n) is 3.18. The summed E-state index contributed by atoms with van der Waals surface area (Å²) in [5.41, 5.74) is -0.274. The van der Waals surface area contributed by atoms with E-state index in [0.29, 0.717) is 0 Å². The zero-order valence-corrected chi connectivity index (χ0v) is 8.29. The standard InChI is InChI=1S/C6H8N2O2S2/c1-7-6(10)8-4(9)3-5(11-2)12-8/h3H,1-2H3,(H,7,10). The minimum absolute atomic E-state index is 0.274. The predicted molar refractivity (Wildman–Crippen MR) is 50.2 cm³/mol. The third kappa shape index (κ3) is 1.70. The highest BCUT2D eigenvalue weighted by Crippen LogP contribution is 2.17. The van der Waals surface area contributed by atoms with E-state index < -0.39 is 0 Å². The SMILES string of the molecule is CNC(=O)n1sc(SC)cc1=O. The number of amides is 1. The number of carbonyl (C=O) groups excluding carboxylic acids is 1. The molecule has 0 aliphatic heterocycles. The summed E-state index contributed by atoms with van der Waals surface area (Å²) in [4.78, 5) is 22.1. The summed E-state index contributed by atoms with van der Waals surface area (Å²) in [6.45, 7) is 0. The highest BCUT2D eigenvalue weighted by molar-refractivity contribution is 8.00. The third-order valence-electron chi connectivity index (χ3n) is 1.22. The Labute approximate surface area is 77.7 Å². The Kier molecular flexibility index (Phi) is 2.93. The van der Waals surface area contributed by atoms with E-state index in [-0.39, 0.29) is 11.6 Å². The normalized spacial score (nSPS) is 9.83. The lowest BCUT2D eigenvalue weighted by Crippen LogP contribution is -2.29. The molecule has 0 unspecified atom stereocenters. The highest BCUT2D eigenvalue weighted by Gasteiger charge is 2.08. The summed E-state index contributed by atoms with van der Waals surface area (Å²) in [7, 11) is 1.49.